The predicted molar refractivity (Wildman–Crippen MR) is 123 cm³/mol. The Bertz CT molecular complexity index is 1190. The maximum absolute atomic E-state index is 12.2. The normalized spacial score (nSPS) is 12.0. The zero-order valence-electron chi connectivity index (χ0n) is 16.8. The van der Waals surface area contributed by atoms with Gasteiger partial charge in [-0.25, -0.2) is 28.2 Å². The Hall–Kier alpha value is -2.31. The largest absolute Gasteiger partial charge is 0.338 e. The van der Waals surface area contributed by atoms with Crippen molar-refractivity contribution in [1.82, 2.24) is 20.3 Å². The second-order valence-corrected chi connectivity index (χ2v) is 11.6. The molecule has 0 saturated heterocycles. The Balaban J connectivity index is 1.87. The summed E-state index contributed by atoms with van der Waals surface area (Å²) in [5.74, 6) is 0.0101. The number of anilines is 2. The van der Waals surface area contributed by atoms with Gasteiger partial charge >= 0.3 is 6.03 Å². The maximum Gasteiger partial charge on any atom is 0.321 e. The molecular formula is C18H21BrN6O3S2. The highest BCUT2D eigenvalue weighted by Crippen LogP contribution is 2.36. The lowest BCUT2D eigenvalue weighted by Gasteiger charge is -2.19. The molecule has 2 amide bonds. The zero-order valence-corrected chi connectivity index (χ0v) is 20.0. The van der Waals surface area contributed by atoms with Gasteiger partial charge in [0, 0.05) is 29.0 Å². The van der Waals surface area contributed by atoms with Crippen LogP contribution in [0.4, 0.5) is 15.9 Å². The summed E-state index contributed by atoms with van der Waals surface area (Å²) < 4.78 is 27.6. The highest BCUT2D eigenvalue weighted by molar-refractivity contribution is 9.10. The van der Waals surface area contributed by atoms with Crippen molar-refractivity contribution < 1.29 is 13.2 Å². The van der Waals surface area contributed by atoms with Crippen molar-refractivity contribution in [1.29, 1.82) is 0 Å². The Labute approximate surface area is 186 Å². The van der Waals surface area contributed by atoms with Crippen LogP contribution >= 0.6 is 27.3 Å². The summed E-state index contributed by atoms with van der Waals surface area (Å²) in [5.41, 5.74) is 2.20. The summed E-state index contributed by atoms with van der Waals surface area (Å²) in [6, 6.07) is 3.44. The van der Waals surface area contributed by atoms with E-state index in [2.05, 4.69) is 46.2 Å². The lowest BCUT2D eigenvalue weighted by Crippen LogP contribution is -2.34. The van der Waals surface area contributed by atoms with E-state index in [1.54, 1.807) is 33.2 Å². The van der Waals surface area contributed by atoms with E-state index in [-0.39, 0.29) is 12.0 Å². The minimum atomic E-state index is -3.61. The molecule has 0 aliphatic carbocycles. The third-order valence-corrected chi connectivity index (χ3v) is 7.99. The van der Waals surface area contributed by atoms with E-state index in [1.807, 2.05) is 19.1 Å². The van der Waals surface area contributed by atoms with Crippen molar-refractivity contribution in [3.8, 4) is 11.1 Å². The number of aromatic nitrogens is 3. The van der Waals surface area contributed by atoms with Gasteiger partial charge in [0.1, 0.15) is 0 Å². The maximum atomic E-state index is 12.2. The number of rotatable bonds is 5. The second kappa shape index (κ2) is 8.44. The number of benzene rings is 1. The number of nitrogens with zero attached hydrogens (tertiary/aromatic N) is 3. The monoisotopic (exact) mass is 512 g/mol. The molecule has 0 unspecified atom stereocenters. The van der Waals surface area contributed by atoms with E-state index in [0.717, 1.165) is 14.7 Å². The van der Waals surface area contributed by atoms with Crippen molar-refractivity contribution in [3.05, 3.63) is 29.0 Å². The van der Waals surface area contributed by atoms with E-state index < -0.39 is 14.8 Å². The number of hydrogen-bond acceptors (Lipinski definition) is 7. The van der Waals surface area contributed by atoms with Crippen LogP contribution in [-0.2, 0) is 10.0 Å². The average molecular weight is 513 g/mol. The average Bonchev–Trinajstić information content (AvgIpc) is 3.04. The molecule has 160 valence electrons. The third-order valence-electron chi connectivity index (χ3n) is 4.02. The summed E-state index contributed by atoms with van der Waals surface area (Å²) in [4.78, 5) is 24.4. The molecule has 30 heavy (non-hydrogen) atoms. The number of hydrogen-bond donors (Lipinski definition) is 3. The SMILES string of the molecule is CCNC(=O)Nc1nc2cc(-c3cnc(NS(=O)(=O)C(C)(C)C)nc3)cc(Br)c2s1. The van der Waals surface area contributed by atoms with Gasteiger partial charge in [-0.15, -0.1) is 0 Å². The number of halogens is 1. The first-order valence-corrected chi connectivity index (χ1v) is 12.1. The number of carbonyl (C=O) groups excluding carboxylic acids is 1. The first-order chi connectivity index (χ1) is 14.0. The van der Waals surface area contributed by atoms with Crippen LogP contribution < -0.4 is 15.4 Å². The van der Waals surface area contributed by atoms with E-state index in [0.29, 0.717) is 22.8 Å². The van der Waals surface area contributed by atoms with Gasteiger partial charge in [-0.1, -0.05) is 11.3 Å². The molecule has 9 nitrogen and oxygen atoms in total. The van der Waals surface area contributed by atoms with Crippen molar-refractivity contribution in [2.45, 2.75) is 32.4 Å². The Morgan fingerprint density at radius 2 is 1.83 bits per heavy atom. The minimum Gasteiger partial charge on any atom is -0.338 e. The van der Waals surface area contributed by atoms with E-state index in [1.165, 1.54) is 11.3 Å². The molecule has 0 aliphatic rings. The molecule has 2 heterocycles. The first-order valence-electron chi connectivity index (χ1n) is 9.00. The highest BCUT2D eigenvalue weighted by Gasteiger charge is 2.29. The van der Waals surface area contributed by atoms with Crippen LogP contribution in [-0.4, -0.2) is 40.7 Å². The van der Waals surface area contributed by atoms with E-state index >= 15 is 0 Å². The fraction of sp³-hybridized carbons (Fsp3) is 0.333. The van der Waals surface area contributed by atoms with Crippen LogP contribution in [0.5, 0.6) is 0 Å². The molecule has 0 aliphatic heterocycles. The van der Waals surface area contributed by atoms with Gasteiger partial charge in [0.25, 0.3) is 0 Å². The number of amides is 2. The molecule has 12 heteroatoms. The number of urea groups is 1. The Morgan fingerprint density at radius 1 is 1.17 bits per heavy atom. The Kier molecular flexibility index (Phi) is 6.29. The van der Waals surface area contributed by atoms with Crippen LogP contribution in [0.1, 0.15) is 27.7 Å². The molecule has 1 aromatic carbocycles. The van der Waals surface area contributed by atoms with Crippen molar-refractivity contribution in [2.24, 2.45) is 0 Å². The number of sulfonamides is 1. The summed E-state index contributed by atoms with van der Waals surface area (Å²) in [6.07, 6.45) is 3.09. The molecule has 0 spiro atoms. The van der Waals surface area contributed by atoms with Crippen molar-refractivity contribution in [3.63, 3.8) is 0 Å². The number of nitrogens with one attached hydrogen (secondary N) is 3. The number of thiazole rings is 1. The fourth-order valence-corrected chi connectivity index (χ4v) is 4.51. The van der Waals surface area contributed by atoms with Gasteiger partial charge in [0.2, 0.25) is 16.0 Å². The molecule has 0 bridgehead atoms. The van der Waals surface area contributed by atoms with Gasteiger partial charge in [0.15, 0.2) is 5.13 Å². The molecular weight excluding hydrogens is 492 g/mol. The second-order valence-electron chi connectivity index (χ2n) is 7.32. The van der Waals surface area contributed by atoms with Crippen molar-refractivity contribution in [2.75, 3.05) is 16.6 Å². The van der Waals surface area contributed by atoms with Crippen LogP contribution in [0.15, 0.2) is 29.0 Å². The smallest absolute Gasteiger partial charge is 0.321 e. The lowest BCUT2D eigenvalue weighted by atomic mass is 10.1. The first kappa shape index (κ1) is 22.4. The molecule has 0 atom stereocenters. The molecule has 2 aromatic heterocycles. The summed E-state index contributed by atoms with van der Waals surface area (Å²) in [5, 5.41) is 5.85. The lowest BCUT2D eigenvalue weighted by molar-refractivity contribution is 0.252. The molecule has 0 radical (unpaired) electrons. The summed E-state index contributed by atoms with van der Waals surface area (Å²) >= 11 is 4.90. The number of fused-ring (bicyclic) bond motifs is 1. The topological polar surface area (TPSA) is 126 Å². The van der Waals surface area contributed by atoms with Gasteiger partial charge in [-0.05, 0) is 61.3 Å². The fourth-order valence-electron chi connectivity index (χ4n) is 2.32. The van der Waals surface area contributed by atoms with Crippen LogP contribution in [0.2, 0.25) is 0 Å². The summed E-state index contributed by atoms with van der Waals surface area (Å²) in [7, 11) is -3.61. The minimum absolute atomic E-state index is 0.0101. The van der Waals surface area contributed by atoms with E-state index in [4.69, 9.17) is 0 Å². The summed E-state index contributed by atoms with van der Waals surface area (Å²) in [6.45, 7) is 7.15. The standard InChI is InChI=1S/C18H21BrN6O3S2/c1-5-20-16(26)24-17-23-13-7-10(6-12(19)14(13)29-17)11-8-21-15(22-9-11)25-30(27,28)18(2,3)4/h6-9H,5H2,1-4H3,(H,21,22,25)(H2,20,23,24,26). The van der Waals surface area contributed by atoms with Crippen LogP contribution in [0.3, 0.4) is 0 Å². The van der Waals surface area contributed by atoms with Gasteiger partial charge in [-0.2, -0.15) is 0 Å². The molecule has 3 rings (SSSR count). The third kappa shape index (κ3) is 4.87. The van der Waals surface area contributed by atoms with E-state index in [9.17, 15) is 13.2 Å². The van der Waals surface area contributed by atoms with Gasteiger partial charge in [0.05, 0.1) is 15.0 Å². The zero-order chi connectivity index (χ0) is 22.1. The molecule has 0 fully saturated rings. The van der Waals surface area contributed by atoms with Crippen LogP contribution in [0.25, 0.3) is 21.3 Å². The Morgan fingerprint density at radius 3 is 2.43 bits per heavy atom. The molecule has 3 N–H and O–H groups in total. The highest BCUT2D eigenvalue weighted by atomic mass is 79.9. The molecule has 0 saturated carbocycles. The predicted octanol–water partition coefficient (Wildman–Crippen LogP) is 4.20. The van der Waals surface area contributed by atoms with Crippen LogP contribution in [0, 0.1) is 0 Å². The van der Waals surface area contributed by atoms with Gasteiger partial charge in [-0.3, -0.25) is 10.0 Å². The van der Waals surface area contributed by atoms with Gasteiger partial charge < -0.3 is 5.32 Å². The quantitative estimate of drug-likeness (QED) is 0.470. The molecule has 3 aromatic rings. The van der Waals surface area contributed by atoms with Crippen molar-refractivity contribution >= 4 is 64.6 Å². The number of carbonyl (C=O) groups is 1.